The van der Waals surface area contributed by atoms with Crippen LogP contribution in [0.3, 0.4) is 0 Å². The van der Waals surface area contributed by atoms with E-state index in [0.717, 1.165) is 44.6 Å². The molecular weight excluding hydrogens is 456 g/mol. The zero-order chi connectivity index (χ0) is 24.4. The third-order valence-electron chi connectivity index (χ3n) is 11.1. The Morgan fingerprint density at radius 2 is 2.03 bits per heavy atom. The Bertz CT molecular complexity index is 1410. The molecule has 3 N–H and O–H groups in total. The first-order chi connectivity index (χ1) is 17.4. The molecule has 3 saturated carbocycles. The number of phenolic OH excluding ortho intramolecular Hbond substituents is 1. The number of aromatic hydroxyl groups is 1. The molecular formula is C28H32N4O4. The van der Waals surface area contributed by atoms with E-state index in [-0.39, 0.29) is 28.3 Å². The van der Waals surface area contributed by atoms with Crippen LogP contribution in [0.1, 0.15) is 60.0 Å². The van der Waals surface area contributed by atoms with E-state index in [1.165, 1.54) is 36.7 Å². The van der Waals surface area contributed by atoms with Crippen LogP contribution in [0.15, 0.2) is 34.0 Å². The van der Waals surface area contributed by atoms with E-state index in [9.17, 15) is 19.5 Å². The van der Waals surface area contributed by atoms with Gasteiger partial charge in [0, 0.05) is 36.8 Å². The highest BCUT2D eigenvalue weighted by molar-refractivity contribution is 5.94. The monoisotopic (exact) mass is 488 g/mol. The molecule has 8 nitrogen and oxygen atoms in total. The van der Waals surface area contributed by atoms with Crippen molar-refractivity contribution >= 4 is 5.91 Å². The van der Waals surface area contributed by atoms with Gasteiger partial charge in [0.25, 0.3) is 11.5 Å². The summed E-state index contributed by atoms with van der Waals surface area (Å²) in [6.45, 7) is 2.97. The molecule has 6 aliphatic rings. The molecule has 3 heterocycles. The Hall–Kier alpha value is -2.87. The number of rotatable bonds is 3. The zero-order valence-electron chi connectivity index (χ0n) is 20.3. The second-order valence-corrected chi connectivity index (χ2v) is 12.4. The summed E-state index contributed by atoms with van der Waals surface area (Å²) >= 11 is 0. The second-order valence-electron chi connectivity index (χ2n) is 12.4. The van der Waals surface area contributed by atoms with Gasteiger partial charge in [-0.3, -0.25) is 19.5 Å². The normalized spacial score (nSPS) is 38.1. The summed E-state index contributed by atoms with van der Waals surface area (Å²) in [4.78, 5) is 47.1. The van der Waals surface area contributed by atoms with E-state index in [1.807, 2.05) is 17.0 Å². The Kier molecular flexibility index (Phi) is 4.08. The number of piperidine rings is 1. The highest BCUT2D eigenvalue weighted by Crippen LogP contribution is 2.75. The quantitative estimate of drug-likeness (QED) is 0.612. The van der Waals surface area contributed by atoms with Gasteiger partial charge in [0.15, 0.2) is 0 Å². The van der Waals surface area contributed by atoms with Crippen LogP contribution in [-0.2, 0) is 11.8 Å². The number of aromatic nitrogens is 2. The largest absolute Gasteiger partial charge is 0.508 e. The Labute approximate surface area is 208 Å². The van der Waals surface area contributed by atoms with Gasteiger partial charge in [-0.05, 0) is 97.9 Å². The first-order valence-electron chi connectivity index (χ1n) is 13.6. The molecule has 36 heavy (non-hydrogen) atoms. The lowest BCUT2D eigenvalue weighted by Gasteiger charge is -2.66. The van der Waals surface area contributed by atoms with Crippen molar-refractivity contribution in [1.29, 1.82) is 0 Å². The van der Waals surface area contributed by atoms with Crippen LogP contribution in [0.5, 0.6) is 5.75 Å². The van der Waals surface area contributed by atoms with Crippen LogP contribution in [0.4, 0.5) is 0 Å². The number of H-pyrrole nitrogens is 2. The molecule has 1 aromatic carbocycles. The molecule has 2 aliphatic heterocycles. The van der Waals surface area contributed by atoms with Gasteiger partial charge in [0.05, 0.1) is 0 Å². The van der Waals surface area contributed by atoms with Crippen molar-refractivity contribution < 1.29 is 9.90 Å². The van der Waals surface area contributed by atoms with Crippen LogP contribution < -0.4 is 11.2 Å². The number of benzene rings is 1. The summed E-state index contributed by atoms with van der Waals surface area (Å²) < 4.78 is 0. The molecule has 0 spiro atoms. The van der Waals surface area contributed by atoms with Gasteiger partial charge < -0.3 is 15.0 Å². The zero-order valence-corrected chi connectivity index (χ0v) is 20.3. The second kappa shape index (κ2) is 6.91. The fraction of sp³-hybridized carbons (Fsp3) is 0.607. The molecule has 6 atom stereocenters. The summed E-state index contributed by atoms with van der Waals surface area (Å²) in [5, 5.41) is 10.6. The molecule has 4 bridgehead atoms. The molecule has 1 aromatic heterocycles. The van der Waals surface area contributed by atoms with Crippen molar-refractivity contribution in [2.75, 3.05) is 19.6 Å². The fourth-order valence-electron chi connectivity index (χ4n) is 9.90. The maximum absolute atomic E-state index is 13.6. The van der Waals surface area contributed by atoms with E-state index in [4.69, 9.17) is 0 Å². The third-order valence-corrected chi connectivity index (χ3v) is 11.1. The average Bonchev–Trinajstić information content (AvgIpc) is 3.54. The SMILES string of the molecule is O=C(c1c[nH]c(=O)[nH]c1=O)N1C[C@H]2CC34CCC1C2C31CCN(CC2CC2)[C@@H]4Cc2ccc(O)cc21. The highest BCUT2D eigenvalue weighted by atomic mass is 16.3. The number of carbonyl (C=O) groups excluding carboxylic acids is 1. The lowest BCUT2D eigenvalue weighted by Crippen LogP contribution is -2.70. The molecule has 8 rings (SSSR count). The first-order valence-corrected chi connectivity index (χ1v) is 13.6. The fourth-order valence-corrected chi connectivity index (χ4v) is 9.90. The van der Waals surface area contributed by atoms with Crippen molar-refractivity contribution in [1.82, 2.24) is 19.8 Å². The molecule has 8 heteroatoms. The number of hydrogen-bond donors (Lipinski definition) is 3. The minimum absolute atomic E-state index is 0.0164. The molecule has 5 fully saturated rings. The first kappa shape index (κ1) is 21.2. The van der Waals surface area contributed by atoms with Crippen LogP contribution in [0, 0.1) is 23.2 Å². The molecule has 2 saturated heterocycles. The summed E-state index contributed by atoms with van der Waals surface area (Å²) in [5.41, 5.74) is 1.66. The Balaban J connectivity index is 1.24. The van der Waals surface area contributed by atoms with Crippen molar-refractivity contribution in [3.8, 4) is 5.75 Å². The minimum atomic E-state index is -0.620. The van der Waals surface area contributed by atoms with Crippen LogP contribution in [-0.4, -0.2) is 62.5 Å². The number of aromatic amines is 2. The van der Waals surface area contributed by atoms with Crippen molar-refractivity contribution in [2.24, 2.45) is 23.2 Å². The number of fused-ring (bicyclic) bond motifs is 1. The third kappa shape index (κ3) is 2.51. The van der Waals surface area contributed by atoms with Gasteiger partial charge in [-0.25, -0.2) is 4.79 Å². The maximum atomic E-state index is 13.6. The van der Waals surface area contributed by atoms with Crippen molar-refractivity contribution in [3.05, 3.63) is 61.9 Å². The predicted octanol–water partition coefficient (Wildman–Crippen LogP) is 1.99. The van der Waals surface area contributed by atoms with Gasteiger partial charge in [-0.2, -0.15) is 0 Å². The number of amides is 1. The number of phenols is 1. The standard InChI is InChI=1S/C28H32N4O4/c33-18-4-3-16-9-22-27-6-5-21-23(28(27,20(16)10-18)7-8-31(22)13-15-1-2-15)17(11-27)14-32(21)25(35)19-12-29-26(36)30-24(19)34/h3-4,10,12,15,17,21-23,33H,1-2,5-9,11,13-14H2,(H2,29,30,34,36)/t17-,21?,22-,23?,27?,28?/m1/s1. The minimum Gasteiger partial charge on any atom is -0.508 e. The summed E-state index contributed by atoms with van der Waals surface area (Å²) in [7, 11) is 0. The van der Waals surface area contributed by atoms with Crippen molar-refractivity contribution in [3.63, 3.8) is 0 Å². The predicted molar refractivity (Wildman–Crippen MR) is 132 cm³/mol. The van der Waals surface area contributed by atoms with E-state index >= 15 is 0 Å². The summed E-state index contributed by atoms with van der Waals surface area (Å²) in [5.74, 6) is 1.65. The molecule has 1 amide bonds. The van der Waals surface area contributed by atoms with Crippen LogP contribution in [0.25, 0.3) is 0 Å². The number of likely N-dealkylation sites (tertiary alicyclic amines) is 2. The molecule has 2 aromatic rings. The number of hydrogen-bond acceptors (Lipinski definition) is 5. The summed E-state index contributed by atoms with van der Waals surface area (Å²) in [6.07, 6.45) is 9.27. The van der Waals surface area contributed by atoms with Crippen LogP contribution >= 0.6 is 0 Å². The van der Waals surface area contributed by atoms with Gasteiger partial charge in [-0.1, -0.05) is 6.07 Å². The lowest BCUT2D eigenvalue weighted by molar-refractivity contribution is -0.102. The van der Waals surface area contributed by atoms with Gasteiger partial charge in [0.1, 0.15) is 11.3 Å². The topological polar surface area (TPSA) is 109 Å². The Morgan fingerprint density at radius 3 is 2.83 bits per heavy atom. The lowest BCUT2D eigenvalue weighted by atomic mass is 9.43. The molecule has 4 unspecified atom stereocenters. The molecule has 0 radical (unpaired) electrons. The van der Waals surface area contributed by atoms with E-state index in [2.05, 4.69) is 20.9 Å². The number of carbonyl (C=O) groups is 1. The van der Waals surface area contributed by atoms with Crippen molar-refractivity contribution in [2.45, 2.75) is 62.4 Å². The number of nitrogens with zero attached hydrogens (tertiary/aromatic N) is 2. The maximum Gasteiger partial charge on any atom is 0.325 e. The van der Waals surface area contributed by atoms with Gasteiger partial charge in [0.2, 0.25) is 0 Å². The molecule has 188 valence electrons. The van der Waals surface area contributed by atoms with Crippen LogP contribution in [0.2, 0.25) is 0 Å². The van der Waals surface area contributed by atoms with E-state index in [1.54, 1.807) is 0 Å². The summed E-state index contributed by atoms with van der Waals surface area (Å²) in [6, 6.07) is 6.63. The Morgan fingerprint density at radius 1 is 1.17 bits per heavy atom. The molecule has 4 aliphatic carbocycles. The van der Waals surface area contributed by atoms with Gasteiger partial charge in [-0.15, -0.1) is 0 Å². The highest BCUT2D eigenvalue weighted by Gasteiger charge is 2.76. The van der Waals surface area contributed by atoms with Gasteiger partial charge >= 0.3 is 5.69 Å². The van der Waals surface area contributed by atoms with E-state index < -0.39 is 11.2 Å². The number of nitrogens with one attached hydrogen (secondary N) is 2. The van der Waals surface area contributed by atoms with E-state index in [0.29, 0.717) is 30.2 Å². The average molecular weight is 489 g/mol. The smallest absolute Gasteiger partial charge is 0.325 e.